The lowest BCUT2D eigenvalue weighted by Crippen LogP contribution is -2.40. The van der Waals surface area contributed by atoms with Crippen molar-refractivity contribution in [2.75, 3.05) is 5.32 Å². The molecule has 0 radical (unpaired) electrons. The van der Waals surface area contributed by atoms with Crippen LogP contribution in [0.1, 0.15) is 38.7 Å². The Bertz CT molecular complexity index is 1130. The minimum absolute atomic E-state index is 0.114. The molecular weight excluding hydrogens is 370 g/mol. The maximum absolute atomic E-state index is 13.2. The zero-order chi connectivity index (χ0) is 20.5. The maximum Gasteiger partial charge on any atom is 0.332 e. The number of rotatable bonds is 6. The van der Waals surface area contributed by atoms with Crippen molar-refractivity contribution in [3.63, 3.8) is 0 Å². The van der Waals surface area contributed by atoms with Crippen molar-refractivity contribution in [1.29, 1.82) is 0 Å². The first kappa shape index (κ1) is 19.4. The lowest BCUT2D eigenvalue weighted by Gasteiger charge is -2.18. The van der Waals surface area contributed by atoms with Crippen LogP contribution in [-0.4, -0.2) is 35.9 Å². The van der Waals surface area contributed by atoms with Gasteiger partial charge in [-0.2, -0.15) is 4.98 Å². The fraction of sp³-hybridized carbons (Fsp3) is 0.476. The van der Waals surface area contributed by atoms with Crippen LogP contribution in [0.3, 0.4) is 0 Å². The van der Waals surface area contributed by atoms with Gasteiger partial charge in [-0.3, -0.25) is 18.5 Å². The van der Waals surface area contributed by atoms with E-state index < -0.39 is 6.10 Å². The topological polar surface area (TPSA) is 94.1 Å². The molecule has 2 N–H and O–H groups in total. The summed E-state index contributed by atoms with van der Waals surface area (Å²) in [5.41, 5.74) is 1.15. The molecule has 0 unspecified atom stereocenters. The summed E-state index contributed by atoms with van der Waals surface area (Å²) in [7, 11) is 0. The van der Waals surface area contributed by atoms with E-state index in [1.807, 2.05) is 41.8 Å². The van der Waals surface area contributed by atoms with E-state index in [9.17, 15) is 14.7 Å². The van der Waals surface area contributed by atoms with Crippen LogP contribution >= 0.6 is 0 Å². The molecule has 1 aromatic carbocycles. The Morgan fingerprint density at radius 3 is 2.41 bits per heavy atom. The van der Waals surface area contributed by atoms with E-state index in [0.717, 1.165) is 24.8 Å². The number of hydrogen-bond acceptors (Lipinski definition) is 5. The summed E-state index contributed by atoms with van der Waals surface area (Å²) in [5.74, 6) is 0.516. The van der Waals surface area contributed by atoms with Crippen molar-refractivity contribution in [2.24, 2.45) is 0 Å². The Labute approximate surface area is 168 Å². The lowest BCUT2D eigenvalue weighted by molar-refractivity contribution is 0.171. The van der Waals surface area contributed by atoms with Gasteiger partial charge in [0.25, 0.3) is 5.56 Å². The molecule has 0 amide bonds. The van der Waals surface area contributed by atoms with Crippen LogP contribution in [0.15, 0.2) is 39.9 Å². The quantitative estimate of drug-likeness (QED) is 0.661. The lowest BCUT2D eigenvalue weighted by atomic mass is 10.2. The molecule has 1 fully saturated rings. The highest BCUT2D eigenvalue weighted by molar-refractivity contribution is 5.74. The number of nitrogens with zero attached hydrogens (tertiary/aromatic N) is 4. The van der Waals surface area contributed by atoms with Gasteiger partial charge in [0, 0.05) is 13.1 Å². The highest BCUT2D eigenvalue weighted by Crippen LogP contribution is 2.25. The second kappa shape index (κ2) is 7.87. The number of hydrogen-bond donors (Lipinski definition) is 2. The fourth-order valence-electron chi connectivity index (χ4n) is 4.16. The zero-order valence-electron chi connectivity index (χ0n) is 16.8. The summed E-state index contributed by atoms with van der Waals surface area (Å²) in [4.78, 5) is 30.6. The van der Waals surface area contributed by atoms with Crippen molar-refractivity contribution in [1.82, 2.24) is 18.7 Å². The molecule has 8 nitrogen and oxygen atoms in total. The van der Waals surface area contributed by atoms with E-state index in [2.05, 4.69) is 10.3 Å². The van der Waals surface area contributed by atoms with Crippen LogP contribution < -0.4 is 16.6 Å². The van der Waals surface area contributed by atoms with Gasteiger partial charge < -0.3 is 10.4 Å². The van der Waals surface area contributed by atoms with Crippen LogP contribution in [0.5, 0.6) is 0 Å². The number of nitrogens with one attached hydrogen (secondary N) is 1. The standard InChI is InChI=1S/C21H27N5O3/c1-3-24-18-17(19(28)25(4-2)21(24)29)26(13-14-9-6-5-7-10-14)20(23-18)22-15-11-8-12-16(15)27/h5-7,9-10,15-16,27H,3-4,8,11-13H2,1-2H3,(H,22,23)/t15-,16+/m1/s1. The minimum atomic E-state index is -0.444. The molecule has 1 aliphatic carbocycles. The van der Waals surface area contributed by atoms with E-state index in [-0.39, 0.29) is 17.3 Å². The molecule has 0 spiro atoms. The number of imidazole rings is 1. The second-order valence-electron chi connectivity index (χ2n) is 7.50. The van der Waals surface area contributed by atoms with Gasteiger partial charge >= 0.3 is 5.69 Å². The highest BCUT2D eigenvalue weighted by Gasteiger charge is 2.28. The molecule has 0 bridgehead atoms. The van der Waals surface area contributed by atoms with Gasteiger partial charge in [0.05, 0.1) is 18.7 Å². The third kappa shape index (κ3) is 3.37. The number of aromatic nitrogens is 4. The first-order chi connectivity index (χ1) is 14.0. The van der Waals surface area contributed by atoms with Crippen LogP contribution in [0.25, 0.3) is 11.2 Å². The zero-order valence-corrected chi connectivity index (χ0v) is 16.8. The summed E-state index contributed by atoms with van der Waals surface area (Å²) in [6.07, 6.45) is 2.09. The molecule has 1 aliphatic rings. The summed E-state index contributed by atoms with van der Waals surface area (Å²) in [6.45, 7) is 4.83. The number of aryl methyl sites for hydroxylation is 1. The fourth-order valence-corrected chi connectivity index (χ4v) is 4.16. The number of aliphatic hydroxyl groups is 1. The molecule has 29 heavy (non-hydrogen) atoms. The molecule has 8 heteroatoms. The number of anilines is 1. The molecule has 2 atom stereocenters. The first-order valence-corrected chi connectivity index (χ1v) is 10.3. The van der Waals surface area contributed by atoms with Crippen LogP contribution in [0.2, 0.25) is 0 Å². The largest absolute Gasteiger partial charge is 0.391 e. The maximum atomic E-state index is 13.2. The van der Waals surface area contributed by atoms with Gasteiger partial charge in [-0.05, 0) is 38.7 Å². The number of benzene rings is 1. The summed E-state index contributed by atoms with van der Waals surface area (Å²) in [5, 5.41) is 13.6. The summed E-state index contributed by atoms with van der Waals surface area (Å²) < 4.78 is 4.64. The Kier molecular flexibility index (Phi) is 5.27. The number of aliphatic hydroxyl groups excluding tert-OH is 1. The molecule has 2 aromatic heterocycles. The van der Waals surface area contributed by atoms with Crippen molar-refractivity contribution in [3.05, 3.63) is 56.7 Å². The van der Waals surface area contributed by atoms with Crippen molar-refractivity contribution in [3.8, 4) is 0 Å². The van der Waals surface area contributed by atoms with Crippen LogP contribution in [-0.2, 0) is 19.6 Å². The van der Waals surface area contributed by atoms with Gasteiger partial charge in [0.2, 0.25) is 5.95 Å². The molecule has 2 heterocycles. The Morgan fingerprint density at radius 2 is 1.79 bits per heavy atom. The molecule has 1 saturated carbocycles. The van der Waals surface area contributed by atoms with E-state index in [0.29, 0.717) is 36.7 Å². The normalized spacial score (nSPS) is 19.1. The minimum Gasteiger partial charge on any atom is -0.391 e. The Morgan fingerprint density at radius 1 is 1.07 bits per heavy atom. The van der Waals surface area contributed by atoms with Gasteiger partial charge in [0.1, 0.15) is 0 Å². The summed E-state index contributed by atoms with van der Waals surface area (Å²) >= 11 is 0. The Hall–Kier alpha value is -2.87. The van der Waals surface area contributed by atoms with Crippen molar-refractivity contribution >= 4 is 17.1 Å². The van der Waals surface area contributed by atoms with E-state index >= 15 is 0 Å². The molecule has 4 rings (SSSR count). The van der Waals surface area contributed by atoms with Gasteiger partial charge in [-0.25, -0.2) is 4.79 Å². The van der Waals surface area contributed by atoms with E-state index in [1.165, 1.54) is 9.13 Å². The molecule has 0 aliphatic heterocycles. The van der Waals surface area contributed by atoms with Gasteiger partial charge in [-0.15, -0.1) is 0 Å². The highest BCUT2D eigenvalue weighted by atomic mass is 16.3. The molecular formula is C21H27N5O3. The van der Waals surface area contributed by atoms with E-state index in [1.54, 1.807) is 6.92 Å². The number of fused-ring (bicyclic) bond motifs is 1. The molecule has 3 aromatic rings. The molecule has 0 saturated heterocycles. The predicted molar refractivity (Wildman–Crippen MR) is 112 cm³/mol. The van der Waals surface area contributed by atoms with Crippen LogP contribution in [0, 0.1) is 0 Å². The Balaban J connectivity index is 1.95. The smallest absolute Gasteiger partial charge is 0.332 e. The first-order valence-electron chi connectivity index (χ1n) is 10.3. The predicted octanol–water partition coefficient (Wildman–Crippen LogP) is 1.77. The second-order valence-corrected chi connectivity index (χ2v) is 7.50. The van der Waals surface area contributed by atoms with Crippen molar-refractivity contribution in [2.45, 2.75) is 64.9 Å². The third-order valence-corrected chi connectivity index (χ3v) is 5.72. The van der Waals surface area contributed by atoms with Gasteiger partial charge in [-0.1, -0.05) is 30.3 Å². The molecule has 154 valence electrons. The SMILES string of the molecule is CCn1c(=O)c2c(nc(N[C@@H]3CCC[C@@H]3O)n2Cc2ccccc2)n(CC)c1=O. The average molecular weight is 397 g/mol. The monoisotopic (exact) mass is 397 g/mol. The van der Waals surface area contributed by atoms with Crippen LogP contribution in [0.4, 0.5) is 5.95 Å². The van der Waals surface area contributed by atoms with E-state index in [4.69, 9.17) is 0 Å². The van der Waals surface area contributed by atoms with Crippen molar-refractivity contribution < 1.29 is 5.11 Å². The average Bonchev–Trinajstić information content (AvgIpc) is 3.28. The van der Waals surface area contributed by atoms with Gasteiger partial charge in [0.15, 0.2) is 11.2 Å². The summed E-state index contributed by atoms with van der Waals surface area (Å²) in [6, 6.07) is 9.73. The third-order valence-electron chi connectivity index (χ3n) is 5.72.